The SMILES string of the molecule is COc1cccc2oc(-c3sc(CN)nc3C)nc12. The molecule has 3 aromatic rings. The van der Waals surface area contributed by atoms with Crippen LogP contribution in [-0.2, 0) is 6.54 Å². The Balaban J connectivity index is 2.17. The van der Waals surface area contributed by atoms with Crippen LogP contribution in [-0.4, -0.2) is 17.1 Å². The summed E-state index contributed by atoms with van der Waals surface area (Å²) in [5, 5.41) is 0.877. The number of hydrogen-bond acceptors (Lipinski definition) is 6. The van der Waals surface area contributed by atoms with Gasteiger partial charge in [0.05, 0.1) is 12.8 Å². The van der Waals surface area contributed by atoms with Crippen molar-refractivity contribution in [1.82, 2.24) is 9.97 Å². The van der Waals surface area contributed by atoms with Gasteiger partial charge in [0.2, 0.25) is 5.89 Å². The van der Waals surface area contributed by atoms with Crippen molar-refractivity contribution in [3.05, 3.63) is 28.9 Å². The van der Waals surface area contributed by atoms with Gasteiger partial charge in [0, 0.05) is 6.54 Å². The van der Waals surface area contributed by atoms with E-state index >= 15 is 0 Å². The summed E-state index contributed by atoms with van der Waals surface area (Å²) in [7, 11) is 1.62. The van der Waals surface area contributed by atoms with Gasteiger partial charge in [0.1, 0.15) is 15.6 Å². The van der Waals surface area contributed by atoms with E-state index in [0.29, 0.717) is 23.8 Å². The maximum absolute atomic E-state index is 5.77. The monoisotopic (exact) mass is 275 g/mol. The zero-order chi connectivity index (χ0) is 13.4. The highest BCUT2D eigenvalue weighted by Crippen LogP contribution is 2.34. The number of para-hydroxylation sites is 1. The number of aryl methyl sites for hydroxylation is 1. The molecule has 2 aromatic heterocycles. The fourth-order valence-corrected chi connectivity index (χ4v) is 2.79. The third kappa shape index (κ3) is 1.98. The molecule has 0 saturated carbocycles. The van der Waals surface area contributed by atoms with E-state index in [2.05, 4.69) is 9.97 Å². The van der Waals surface area contributed by atoms with Gasteiger partial charge in [-0.2, -0.15) is 0 Å². The molecule has 0 unspecified atom stereocenters. The standard InChI is InChI=1S/C13H13N3O2S/c1-7-12(19-10(6-14)15-7)13-16-11-8(17-2)4-3-5-9(11)18-13/h3-5H,6,14H2,1-2H3. The van der Waals surface area contributed by atoms with Crippen molar-refractivity contribution in [3.8, 4) is 16.5 Å². The van der Waals surface area contributed by atoms with Crippen molar-refractivity contribution in [2.45, 2.75) is 13.5 Å². The molecule has 2 N–H and O–H groups in total. The van der Waals surface area contributed by atoms with Crippen LogP contribution in [0.5, 0.6) is 5.75 Å². The van der Waals surface area contributed by atoms with Crippen LogP contribution >= 0.6 is 11.3 Å². The molecule has 0 saturated heterocycles. The van der Waals surface area contributed by atoms with Crippen LogP contribution in [0.3, 0.4) is 0 Å². The number of nitrogens with two attached hydrogens (primary N) is 1. The smallest absolute Gasteiger partial charge is 0.239 e. The van der Waals surface area contributed by atoms with Gasteiger partial charge < -0.3 is 14.9 Å². The number of aromatic nitrogens is 2. The summed E-state index contributed by atoms with van der Waals surface area (Å²) < 4.78 is 11.1. The highest BCUT2D eigenvalue weighted by Gasteiger charge is 2.16. The fraction of sp³-hybridized carbons (Fsp3) is 0.231. The van der Waals surface area contributed by atoms with Gasteiger partial charge in [-0.05, 0) is 19.1 Å². The Morgan fingerprint density at radius 2 is 2.21 bits per heavy atom. The summed E-state index contributed by atoms with van der Waals surface area (Å²) in [6.07, 6.45) is 0. The second-order valence-corrected chi connectivity index (χ2v) is 5.14. The quantitative estimate of drug-likeness (QED) is 0.795. The molecule has 0 aliphatic carbocycles. The van der Waals surface area contributed by atoms with E-state index in [1.807, 2.05) is 25.1 Å². The van der Waals surface area contributed by atoms with E-state index < -0.39 is 0 Å². The van der Waals surface area contributed by atoms with E-state index in [1.54, 1.807) is 7.11 Å². The Kier molecular flexibility index (Phi) is 2.96. The number of ether oxygens (including phenoxy) is 1. The van der Waals surface area contributed by atoms with E-state index in [0.717, 1.165) is 21.1 Å². The number of benzene rings is 1. The summed E-state index contributed by atoms with van der Waals surface area (Å²) in [5.74, 6) is 1.27. The second kappa shape index (κ2) is 4.64. The van der Waals surface area contributed by atoms with Crippen LogP contribution in [0.4, 0.5) is 0 Å². The minimum absolute atomic E-state index is 0.426. The zero-order valence-corrected chi connectivity index (χ0v) is 11.5. The molecule has 0 aliphatic heterocycles. The Hall–Kier alpha value is -1.92. The molecular formula is C13H13N3O2S. The van der Waals surface area contributed by atoms with Crippen molar-refractivity contribution in [3.63, 3.8) is 0 Å². The van der Waals surface area contributed by atoms with Crippen molar-refractivity contribution in [2.75, 3.05) is 7.11 Å². The first kappa shape index (κ1) is 12.1. The molecule has 1 aromatic carbocycles. The first-order valence-corrected chi connectivity index (χ1v) is 6.65. The number of rotatable bonds is 3. The largest absolute Gasteiger partial charge is 0.494 e. The average molecular weight is 275 g/mol. The van der Waals surface area contributed by atoms with Gasteiger partial charge in [-0.3, -0.25) is 0 Å². The maximum Gasteiger partial charge on any atom is 0.239 e. The Morgan fingerprint density at radius 1 is 1.37 bits per heavy atom. The number of fused-ring (bicyclic) bond motifs is 1. The average Bonchev–Trinajstić information content (AvgIpc) is 3.00. The van der Waals surface area contributed by atoms with Gasteiger partial charge in [0.15, 0.2) is 11.1 Å². The number of hydrogen-bond donors (Lipinski definition) is 1. The van der Waals surface area contributed by atoms with Gasteiger partial charge >= 0.3 is 0 Å². The minimum atomic E-state index is 0.426. The molecule has 6 heteroatoms. The molecule has 2 heterocycles. The predicted molar refractivity (Wildman–Crippen MR) is 74.3 cm³/mol. The lowest BCUT2D eigenvalue weighted by Gasteiger charge is -1.96. The molecule has 98 valence electrons. The van der Waals surface area contributed by atoms with Crippen molar-refractivity contribution in [2.24, 2.45) is 5.73 Å². The van der Waals surface area contributed by atoms with Gasteiger partial charge in [-0.15, -0.1) is 11.3 Å². The van der Waals surface area contributed by atoms with Gasteiger partial charge in [0.25, 0.3) is 0 Å². The van der Waals surface area contributed by atoms with Crippen LogP contribution in [0.25, 0.3) is 21.9 Å². The summed E-state index contributed by atoms with van der Waals surface area (Å²) in [6, 6.07) is 5.61. The summed E-state index contributed by atoms with van der Waals surface area (Å²) >= 11 is 1.51. The molecule has 3 rings (SSSR count). The van der Waals surface area contributed by atoms with Crippen LogP contribution in [0.15, 0.2) is 22.6 Å². The molecular weight excluding hydrogens is 262 g/mol. The fourth-order valence-electron chi connectivity index (χ4n) is 1.92. The third-order valence-electron chi connectivity index (χ3n) is 2.81. The van der Waals surface area contributed by atoms with Crippen LogP contribution in [0.2, 0.25) is 0 Å². The van der Waals surface area contributed by atoms with E-state index in [-0.39, 0.29) is 0 Å². The molecule has 0 radical (unpaired) electrons. The Labute approximate surface area is 114 Å². The van der Waals surface area contributed by atoms with E-state index in [4.69, 9.17) is 14.9 Å². The summed E-state index contributed by atoms with van der Waals surface area (Å²) in [5.41, 5.74) is 7.92. The predicted octanol–water partition coefficient (Wildman–Crippen LogP) is 2.73. The van der Waals surface area contributed by atoms with Crippen LogP contribution < -0.4 is 10.5 Å². The maximum atomic E-state index is 5.77. The first-order chi connectivity index (χ1) is 9.22. The molecule has 0 amide bonds. The highest BCUT2D eigenvalue weighted by molar-refractivity contribution is 7.15. The van der Waals surface area contributed by atoms with E-state index in [1.165, 1.54) is 11.3 Å². The number of thiazole rings is 1. The molecule has 0 bridgehead atoms. The molecule has 0 fully saturated rings. The third-order valence-corrected chi connectivity index (χ3v) is 3.98. The van der Waals surface area contributed by atoms with Crippen molar-refractivity contribution < 1.29 is 9.15 Å². The molecule has 0 atom stereocenters. The Morgan fingerprint density at radius 3 is 2.89 bits per heavy atom. The lowest BCUT2D eigenvalue weighted by atomic mass is 10.3. The second-order valence-electron chi connectivity index (χ2n) is 4.05. The van der Waals surface area contributed by atoms with E-state index in [9.17, 15) is 0 Å². The van der Waals surface area contributed by atoms with Crippen LogP contribution in [0.1, 0.15) is 10.7 Å². The molecule has 0 spiro atoms. The summed E-state index contributed by atoms with van der Waals surface area (Å²) in [4.78, 5) is 9.80. The number of methoxy groups -OCH3 is 1. The lowest BCUT2D eigenvalue weighted by molar-refractivity contribution is 0.419. The molecule has 5 nitrogen and oxygen atoms in total. The van der Waals surface area contributed by atoms with Crippen molar-refractivity contribution >= 4 is 22.4 Å². The topological polar surface area (TPSA) is 74.2 Å². The van der Waals surface area contributed by atoms with Gasteiger partial charge in [-0.25, -0.2) is 9.97 Å². The molecule has 19 heavy (non-hydrogen) atoms. The number of oxazole rings is 1. The Bertz CT molecular complexity index is 733. The minimum Gasteiger partial charge on any atom is -0.494 e. The summed E-state index contributed by atoms with van der Waals surface area (Å²) in [6.45, 7) is 2.35. The lowest BCUT2D eigenvalue weighted by Crippen LogP contribution is -1.94. The molecule has 0 aliphatic rings. The normalized spacial score (nSPS) is 11.1. The highest BCUT2D eigenvalue weighted by atomic mass is 32.1. The number of nitrogens with zero attached hydrogens (tertiary/aromatic N) is 2. The van der Waals surface area contributed by atoms with Crippen LogP contribution in [0, 0.1) is 6.92 Å². The van der Waals surface area contributed by atoms with Crippen molar-refractivity contribution in [1.29, 1.82) is 0 Å². The first-order valence-electron chi connectivity index (χ1n) is 5.83. The zero-order valence-electron chi connectivity index (χ0n) is 10.6. The van der Waals surface area contributed by atoms with Gasteiger partial charge in [-0.1, -0.05) is 6.07 Å².